The molecule has 0 aliphatic carbocycles. The van der Waals surface area contributed by atoms with Crippen molar-refractivity contribution in [2.75, 3.05) is 0 Å². The van der Waals surface area contributed by atoms with Crippen LogP contribution < -0.4 is 0 Å². The average Bonchev–Trinajstić information content (AvgIpc) is 2.11. The number of halogens is 2. The zero-order chi connectivity index (χ0) is 10.3. The normalized spacial score (nSPS) is 8.62. The second kappa shape index (κ2) is 6.93. The van der Waals surface area contributed by atoms with Crippen molar-refractivity contribution in [2.24, 2.45) is 0 Å². The van der Waals surface area contributed by atoms with Crippen LogP contribution in [0.15, 0.2) is 24.3 Å². The van der Waals surface area contributed by atoms with E-state index >= 15 is 0 Å². The summed E-state index contributed by atoms with van der Waals surface area (Å²) in [6.07, 6.45) is 0.667. The van der Waals surface area contributed by atoms with Gasteiger partial charge < -0.3 is 4.79 Å². The molecule has 1 nitrogen and oxygen atoms in total. The maximum atomic E-state index is 9.81. The van der Waals surface area contributed by atoms with Crippen molar-refractivity contribution in [2.45, 2.75) is 20.3 Å². The number of Topliss-reactive ketones (excluding diaryl/α,β-unsaturated/α-hetero) is 1. The summed E-state index contributed by atoms with van der Waals surface area (Å²) in [5.41, 5.74) is 0. The quantitative estimate of drug-likeness (QED) is 0.698. The first-order chi connectivity index (χ1) is 6.07. The van der Waals surface area contributed by atoms with Crippen LogP contribution in [-0.2, 0) is 4.79 Å². The van der Waals surface area contributed by atoms with Crippen molar-refractivity contribution < 1.29 is 4.79 Å². The minimum atomic E-state index is 0.255. The summed E-state index contributed by atoms with van der Waals surface area (Å²) in [6.45, 7) is 3.43. The van der Waals surface area contributed by atoms with Gasteiger partial charge in [-0.05, 0) is 19.1 Å². The van der Waals surface area contributed by atoms with E-state index in [1.165, 1.54) is 0 Å². The van der Waals surface area contributed by atoms with Gasteiger partial charge in [-0.2, -0.15) is 0 Å². The molecule has 0 aliphatic rings. The number of ketones is 1. The maximum Gasteiger partial charge on any atom is 0.129 e. The number of carbonyl (C=O) groups excluding carboxylic acids is 1. The molecule has 0 saturated heterocycles. The molecule has 1 aromatic carbocycles. The molecule has 0 atom stereocenters. The molecule has 0 bridgehead atoms. The van der Waals surface area contributed by atoms with Crippen LogP contribution in [0.2, 0.25) is 10.0 Å². The van der Waals surface area contributed by atoms with Gasteiger partial charge >= 0.3 is 0 Å². The topological polar surface area (TPSA) is 17.1 Å². The molecule has 0 aromatic heterocycles. The molecule has 0 saturated carbocycles. The highest BCUT2D eigenvalue weighted by atomic mass is 35.5. The van der Waals surface area contributed by atoms with Crippen LogP contribution >= 0.6 is 23.2 Å². The minimum Gasteiger partial charge on any atom is -0.300 e. The SMILES string of the molecule is CCC(C)=O.Clc1ccccc1Cl. The third-order valence-electron chi connectivity index (χ3n) is 1.32. The Balaban J connectivity index is 0.000000252. The molecule has 1 aromatic rings. The lowest BCUT2D eigenvalue weighted by atomic mass is 10.4. The first kappa shape index (κ1) is 12.5. The van der Waals surface area contributed by atoms with E-state index in [2.05, 4.69) is 0 Å². The molecule has 0 N–H and O–H groups in total. The van der Waals surface area contributed by atoms with Crippen molar-refractivity contribution >= 4 is 29.0 Å². The van der Waals surface area contributed by atoms with Gasteiger partial charge in [0.15, 0.2) is 0 Å². The summed E-state index contributed by atoms with van der Waals surface area (Å²) in [7, 11) is 0. The van der Waals surface area contributed by atoms with Crippen LogP contribution in [0, 0.1) is 0 Å². The van der Waals surface area contributed by atoms with Gasteiger partial charge in [-0.25, -0.2) is 0 Å². The second-order valence-electron chi connectivity index (χ2n) is 2.47. The van der Waals surface area contributed by atoms with Crippen LogP contribution in [0.25, 0.3) is 0 Å². The highest BCUT2D eigenvalue weighted by Gasteiger charge is 1.89. The molecule has 3 heteroatoms. The van der Waals surface area contributed by atoms with Gasteiger partial charge in [0.2, 0.25) is 0 Å². The summed E-state index contributed by atoms with van der Waals surface area (Å²) >= 11 is 11.2. The van der Waals surface area contributed by atoms with Gasteiger partial charge in [0.1, 0.15) is 5.78 Å². The highest BCUT2D eigenvalue weighted by Crippen LogP contribution is 2.19. The lowest BCUT2D eigenvalue weighted by Gasteiger charge is -1.88. The smallest absolute Gasteiger partial charge is 0.129 e. The molecule has 13 heavy (non-hydrogen) atoms. The molecule has 0 fully saturated rings. The fourth-order valence-electron chi connectivity index (χ4n) is 0.439. The Morgan fingerprint density at radius 2 is 1.54 bits per heavy atom. The fraction of sp³-hybridized carbons (Fsp3) is 0.300. The first-order valence-corrected chi connectivity index (χ1v) is 4.73. The predicted octanol–water partition coefficient (Wildman–Crippen LogP) is 3.98. The van der Waals surface area contributed by atoms with Crippen LogP contribution in [0.3, 0.4) is 0 Å². The van der Waals surface area contributed by atoms with Crippen molar-refractivity contribution in [3.05, 3.63) is 34.3 Å². The molecule has 0 unspecified atom stereocenters. The predicted molar refractivity (Wildman–Crippen MR) is 57.4 cm³/mol. The van der Waals surface area contributed by atoms with Crippen LogP contribution in [0.1, 0.15) is 20.3 Å². The zero-order valence-corrected chi connectivity index (χ0v) is 9.19. The van der Waals surface area contributed by atoms with E-state index in [0.29, 0.717) is 16.5 Å². The number of carbonyl (C=O) groups is 1. The molecular formula is C10H12Cl2O. The summed E-state index contributed by atoms with van der Waals surface area (Å²) in [5, 5.41) is 1.21. The third kappa shape index (κ3) is 6.62. The Morgan fingerprint density at radius 3 is 1.69 bits per heavy atom. The Labute approximate surface area is 88.7 Å². The molecule has 0 amide bonds. The number of hydrogen-bond acceptors (Lipinski definition) is 1. The number of benzene rings is 1. The van der Waals surface area contributed by atoms with E-state index in [0.717, 1.165) is 0 Å². The van der Waals surface area contributed by atoms with Gasteiger partial charge in [0, 0.05) is 6.42 Å². The highest BCUT2D eigenvalue weighted by molar-refractivity contribution is 6.41. The molecule has 0 heterocycles. The lowest BCUT2D eigenvalue weighted by molar-refractivity contribution is -0.116. The van der Waals surface area contributed by atoms with Crippen molar-refractivity contribution in [1.29, 1.82) is 0 Å². The molecule has 0 aliphatic heterocycles. The van der Waals surface area contributed by atoms with Crippen molar-refractivity contribution in [1.82, 2.24) is 0 Å². The second-order valence-corrected chi connectivity index (χ2v) is 3.28. The van der Waals surface area contributed by atoms with E-state index < -0.39 is 0 Å². The van der Waals surface area contributed by atoms with Crippen LogP contribution in [0.5, 0.6) is 0 Å². The zero-order valence-electron chi connectivity index (χ0n) is 7.68. The Morgan fingerprint density at radius 1 is 1.23 bits per heavy atom. The van der Waals surface area contributed by atoms with Gasteiger partial charge in [0.25, 0.3) is 0 Å². The lowest BCUT2D eigenvalue weighted by Crippen LogP contribution is -1.80. The van der Waals surface area contributed by atoms with Gasteiger partial charge in [-0.1, -0.05) is 42.3 Å². The summed E-state index contributed by atoms with van der Waals surface area (Å²) in [4.78, 5) is 9.81. The van der Waals surface area contributed by atoms with Gasteiger partial charge in [-0.15, -0.1) is 0 Å². The molecular weight excluding hydrogens is 207 g/mol. The van der Waals surface area contributed by atoms with Crippen molar-refractivity contribution in [3.63, 3.8) is 0 Å². The van der Waals surface area contributed by atoms with Crippen LogP contribution in [0.4, 0.5) is 0 Å². The monoisotopic (exact) mass is 218 g/mol. The fourth-order valence-corrected chi connectivity index (χ4v) is 0.711. The molecule has 0 radical (unpaired) electrons. The standard InChI is InChI=1S/C6H4Cl2.C4H8O/c7-5-3-1-2-4-6(5)8;1-3-4(2)5/h1-4H;3H2,1-2H3. The number of rotatable bonds is 1. The first-order valence-electron chi connectivity index (χ1n) is 3.97. The Kier molecular flexibility index (Phi) is 6.65. The molecule has 72 valence electrons. The van der Waals surface area contributed by atoms with Gasteiger partial charge in [0.05, 0.1) is 10.0 Å². The summed E-state index contributed by atoms with van der Waals surface area (Å²) < 4.78 is 0. The Bertz CT molecular complexity index is 250. The summed E-state index contributed by atoms with van der Waals surface area (Å²) in [5.74, 6) is 0.255. The van der Waals surface area contributed by atoms with E-state index in [1.807, 2.05) is 19.1 Å². The van der Waals surface area contributed by atoms with E-state index in [-0.39, 0.29) is 5.78 Å². The average molecular weight is 219 g/mol. The van der Waals surface area contributed by atoms with E-state index in [1.54, 1.807) is 19.1 Å². The Hall–Kier alpha value is -0.530. The number of hydrogen-bond donors (Lipinski definition) is 0. The summed E-state index contributed by atoms with van der Waals surface area (Å²) in [6, 6.07) is 7.19. The largest absolute Gasteiger partial charge is 0.300 e. The van der Waals surface area contributed by atoms with E-state index in [9.17, 15) is 4.79 Å². The van der Waals surface area contributed by atoms with Crippen molar-refractivity contribution in [3.8, 4) is 0 Å². The van der Waals surface area contributed by atoms with Gasteiger partial charge in [-0.3, -0.25) is 0 Å². The molecule has 0 spiro atoms. The van der Waals surface area contributed by atoms with E-state index in [4.69, 9.17) is 23.2 Å². The molecule has 1 rings (SSSR count). The third-order valence-corrected chi connectivity index (χ3v) is 2.08. The maximum absolute atomic E-state index is 9.81. The van der Waals surface area contributed by atoms with Crippen LogP contribution in [-0.4, -0.2) is 5.78 Å². The minimum absolute atomic E-state index is 0.255.